The van der Waals surface area contributed by atoms with Gasteiger partial charge in [-0.3, -0.25) is 0 Å². The minimum Gasteiger partial charge on any atom is -0.480 e. The van der Waals surface area contributed by atoms with Crippen molar-refractivity contribution in [3.8, 4) is 11.1 Å². The van der Waals surface area contributed by atoms with Gasteiger partial charge in [0.25, 0.3) is 0 Å². The molecule has 0 aromatic heterocycles. The molecular formula is C22H19NO2. The van der Waals surface area contributed by atoms with E-state index in [4.69, 9.17) is 0 Å². The number of carboxylic acid groups (broad SMARTS) is 1. The van der Waals surface area contributed by atoms with Crippen LogP contribution in [0.5, 0.6) is 0 Å². The summed E-state index contributed by atoms with van der Waals surface area (Å²) in [5, 5.41) is 9.66. The van der Waals surface area contributed by atoms with Crippen LogP contribution >= 0.6 is 0 Å². The molecule has 0 aliphatic heterocycles. The highest BCUT2D eigenvalue weighted by Gasteiger charge is 2.28. The van der Waals surface area contributed by atoms with Gasteiger partial charge in [0, 0.05) is 17.8 Å². The van der Waals surface area contributed by atoms with Crippen LogP contribution in [-0.4, -0.2) is 17.1 Å². The molecule has 3 nitrogen and oxygen atoms in total. The maximum Gasteiger partial charge on any atom is 0.326 e. The summed E-state index contributed by atoms with van der Waals surface area (Å²) in [4.78, 5) is 13.7. The maximum absolute atomic E-state index is 11.8. The summed E-state index contributed by atoms with van der Waals surface area (Å²) in [5.74, 6) is -0.836. The van der Waals surface area contributed by atoms with E-state index in [1.165, 1.54) is 22.3 Å². The molecule has 3 heteroatoms. The Labute approximate surface area is 147 Å². The van der Waals surface area contributed by atoms with Crippen molar-refractivity contribution in [3.63, 3.8) is 0 Å². The average molecular weight is 329 g/mol. The highest BCUT2D eigenvalue weighted by molar-refractivity contribution is 5.88. The number of carbonyl (C=O) groups is 1. The number of hydrogen-bond donors (Lipinski definition) is 1. The zero-order chi connectivity index (χ0) is 17.4. The number of carboxylic acids is 1. The number of hydrogen-bond acceptors (Lipinski definition) is 2. The summed E-state index contributed by atoms with van der Waals surface area (Å²) in [6.07, 6.45) is 0.831. The van der Waals surface area contributed by atoms with Crippen LogP contribution in [0.1, 0.15) is 18.1 Å². The smallest absolute Gasteiger partial charge is 0.326 e. The summed E-state index contributed by atoms with van der Waals surface area (Å²) >= 11 is 0. The zero-order valence-electron chi connectivity index (χ0n) is 14.0. The number of benzene rings is 3. The lowest BCUT2D eigenvalue weighted by Crippen LogP contribution is -2.35. The zero-order valence-corrected chi connectivity index (χ0v) is 14.0. The topological polar surface area (TPSA) is 40.5 Å². The number of rotatable bonds is 4. The van der Waals surface area contributed by atoms with Crippen LogP contribution < -0.4 is 4.90 Å². The minimum atomic E-state index is -0.836. The van der Waals surface area contributed by atoms with Gasteiger partial charge in [-0.05, 0) is 47.4 Å². The SMILES string of the molecule is C[C@@H](C(=O)O)N(c1ccccc1)c1cccc2c1Cc1ccccc1-2. The van der Waals surface area contributed by atoms with Gasteiger partial charge in [-0.15, -0.1) is 0 Å². The number of nitrogens with zero attached hydrogens (tertiary/aromatic N) is 1. The molecule has 0 fully saturated rings. The summed E-state index contributed by atoms with van der Waals surface area (Å²) in [6.45, 7) is 1.73. The van der Waals surface area contributed by atoms with Gasteiger partial charge < -0.3 is 10.0 Å². The molecule has 25 heavy (non-hydrogen) atoms. The lowest BCUT2D eigenvalue weighted by molar-refractivity contribution is -0.137. The van der Waals surface area contributed by atoms with Crippen LogP contribution in [-0.2, 0) is 11.2 Å². The second kappa shape index (κ2) is 6.10. The van der Waals surface area contributed by atoms with Gasteiger partial charge in [0.1, 0.15) is 6.04 Å². The van der Waals surface area contributed by atoms with Crippen LogP contribution in [0.15, 0.2) is 72.8 Å². The van der Waals surface area contributed by atoms with E-state index in [-0.39, 0.29) is 0 Å². The Hall–Kier alpha value is -3.07. The number of fused-ring (bicyclic) bond motifs is 3. The number of para-hydroxylation sites is 1. The van der Waals surface area contributed by atoms with Crippen molar-refractivity contribution < 1.29 is 9.90 Å². The van der Waals surface area contributed by atoms with Crippen LogP contribution in [0, 0.1) is 0 Å². The molecule has 4 rings (SSSR count). The van der Waals surface area contributed by atoms with Gasteiger partial charge in [-0.1, -0.05) is 54.6 Å². The van der Waals surface area contributed by atoms with Crippen molar-refractivity contribution in [2.75, 3.05) is 4.90 Å². The molecule has 1 aliphatic carbocycles. The van der Waals surface area contributed by atoms with Gasteiger partial charge in [0.15, 0.2) is 0 Å². The van der Waals surface area contributed by atoms with Gasteiger partial charge in [-0.25, -0.2) is 4.79 Å². The predicted molar refractivity (Wildman–Crippen MR) is 100 cm³/mol. The summed E-state index contributed by atoms with van der Waals surface area (Å²) in [7, 11) is 0. The summed E-state index contributed by atoms with van der Waals surface area (Å²) in [6, 6.07) is 23.6. The Balaban J connectivity index is 1.89. The van der Waals surface area contributed by atoms with Crippen molar-refractivity contribution in [1.82, 2.24) is 0 Å². The van der Waals surface area contributed by atoms with Crippen LogP contribution in [0.25, 0.3) is 11.1 Å². The number of anilines is 2. The molecule has 0 saturated carbocycles. The minimum absolute atomic E-state index is 0.655. The molecule has 124 valence electrons. The highest BCUT2D eigenvalue weighted by Crippen LogP contribution is 2.43. The quantitative estimate of drug-likeness (QED) is 0.581. The van der Waals surface area contributed by atoms with Gasteiger partial charge in [0.2, 0.25) is 0 Å². The summed E-state index contributed by atoms with van der Waals surface area (Å²) in [5.41, 5.74) is 6.79. The van der Waals surface area contributed by atoms with E-state index < -0.39 is 12.0 Å². The van der Waals surface area contributed by atoms with Crippen molar-refractivity contribution >= 4 is 17.3 Å². The molecule has 1 aliphatic rings. The molecule has 1 atom stereocenters. The van der Waals surface area contributed by atoms with Gasteiger partial charge >= 0.3 is 5.97 Å². The van der Waals surface area contributed by atoms with Crippen LogP contribution in [0.3, 0.4) is 0 Å². The molecule has 0 unspecified atom stereocenters. The third-order valence-electron chi connectivity index (χ3n) is 4.86. The molecule has 1 N–H and O–H groups in total. The largest absolute Gasteiger partial charge is 0.480 e. The monoisotopic (exact) mass is 329 g/mol. The Bertz CT molecular complexity index is 934. The van der Waals surface area contributed by atoms with Crippen molar-refractivity contribution in [2.45, 2.75) is 19.4 Å². The first-order valence-corrected chi connectivity index (χ1v) is 8.44. The first kappa shape index (κ1) is 15.5. The molecule has 0 spiro atoms. The molecule has 3 aromatic rings. The van der Waals surface area contributed by atoms with E-state index in [9.17, 15) is 9.90 Å². The second-order valence-electron chi connectivity index (χ2n) is 6.36. The fourth-order valence-corrected chi connectivity index (χ4v) is 3.64. The average Bonchev–Trinajstić information content (AvgIpc) is 3.02. The maximum atomic E-state index is 11.8. The first-order chi connectivity index (χ1) is 12.2. The third kappa shape index (κ3) is 2.58. The van der Waals surface area contributed by atoms with Crippen molar-refractivity contribution in [3.05, 3.63) is 83.9 Å². The van der Waals surface area contributed by atoms with Gasteiger partial charge in [0.05, 0.1) is 0 Å². The van der Waals surface area contributed by atoms with E-state index >= 15 is 0 Å². The van der Waals surface area contributed by atoms with E-state index in [0.717, 1.165) is 17.8 Å². The Morgan fingerprint density at radius 3 is 2.36 bits per heavy atom. The summed E-state index contributed by atoms with van der Waals surface area (Å²) < 4.78 is 0. The van der Waals surface area contributed by atoms with Gasteiger partial charge in [-0.2, -0.15) is 0 Å². The van der Waals surface area contributed by atoms with E-state index in [2.05, 4.69) is 30.3 Å². The predicted octanol–water partition coefficient (Wildman–Crippen LogP) is 4.87. The number of aliphatic carboxylic acids is 1. The van der Waals surface area contributed by atoms with Crippen LogP contribution in [0.4, 0.5) is 11.4 Å². The second-order valence-corrected chi connectivity index (χ2v) is 6.36. The molecule has 0 bridgehead atoms. The molecule has 3 aromatic carbocycles. The molecule has 0 radical (unpaired) electrons. The Kier molecular flexibility index (Phi) is 3.77. The highest BCUT2D eigenvalue weighted by atomic mass is 16.4. The standard InChI is InChI=1S/C22H19NO2/c1-15(22(24)25)23(17-9-3-2-4-10-17)21-13-7-12-19-18-11-6-5-8-16(18)14-20(19)21/h2-13,15H,14H2,1H3,(H,24,25)/t15-/m0/s1. The normalized spacial score (nSPS) is 13.0. The van der Waals surface area contributed by atoms with E-state index in [0.29, 0.717) is 0 Å². The third-order valence-corrected chi connectivity index (χ3v) is 4.86. The first-order valence-electron chi connectivity index (χ1n) is 8.44. The van der Waals surface area contributed by atoms with Crippen molar-refractivity contribution in [2.24, 2.45) is 0 Å². The molecular weight excluding hydrogens is 310 g/mol. The Morgan fingerprint density at radius 1 is 0.920 bits per heavy atom. The molecule has 0 heterocycles. The Morgan fingerprint density at radius 2 is 1.60 bits per heavy atom. The van der Waals surface area contributed by atoms with Crippen LogP contribution in [0.2, 0.25) is 0 Å². The molecule has 0 amide bonds. The fourth-order valence-electron chi connectivity index (χ4n) is 3.64. The molecule has 0 saturated heterocycles. The van der Waals surface area contributed by atoms with E-state index in [1.54, 1.807) is 6.92 Å². The fraction of sp³-hybridized carbons (Fsp3) is 0.136. The lowest BCUT2D eigenvalue weighted by atomic mass is 10.0. The van der Waals surface area contributed by atoms with Crippen molar-refractivity contribution in [1.29, 1.82) is 0 Å². The lowest BCUT2D eigenvalue weighted by Gasteiger charge is -2.30. The van der Waals surface area contributed by atoms with E-state index in [1.807, 2.05) is 47.4 Å².